The van der Waals surface area contributed by atoms with E-state index < -0.39 is 11.9 Å². The van der Waals surface area contributed by atoms with E-state index in [-0.39, 0.29) is 16.7 Å². The largest absolute Gasteiger partial charge is 0.435 e. The predicted octanol–water partition coefficient (Wildman–Crippen LogP) is 4.21. The van der Waals surface area contributed by atoms with E-state index in [4.69, 9.17) is 5.26 Å². The lowest BCUT2D eigenvalue weighted by Crippen LogP contribution is -2.08. The summed E-state index contributed by atoms with van der Waals surface area (Å²) in [5.41, 5.74) is 1.94. The number of fused-ring (bicyclic) bond motifs is 1. The van der Waals surface area contributed by atoms with E-state index >= 15 is 0 Å². The fraction of sp³-hybridized carbons (Fsp3) is 0.136. The molecule has 0 radical (unpaired) electrons. The van der Waals surface area contributed by atoms with Crippen LogP contribution in [0.15, 0.2) is 55.4 Å². The van der Waals surface area contributed by atoms with Crippen LogP contribution in [0.2, 0.25) is 0 Å². The summed E-state index contributed by atoms with van der Waals surface area (Å²) in [6.07, 6.45) is 3.19. The molecule has 4 aromatic heterocycles. The molecule has 5 rings (SSSR count). The van der Waals surface area contributed by atoms with Gasteiger partial charge in [0.15, 0.2) is 11.3 Å². The second-order valence-electron chi connectivity index (χ2n) is 7.47. The van der Waals surface area contributed by atoms with Crippen molar-refractivity contribution in [2.24, 2.45) is 7.05 Å². The van der Waals surface area contributed by atoms with Gasteiger partial charge in [0.25, 0.3) is 0 Å². The zero-order valence-electron chi connectivity index (χ0n) is 17.4. The molecule has 5 aromatic rings. The van der Waals surface area contributed by atoms with Crippen LogP contribution in [0, 0.1) is 18.3 Å². The van der Waals surface area contributed by atoms with Crippen molar-refractivity contribution in [2.45, 2.75) is 13.1 Å². The Hall–Kier alpha value is -4.46. The molecule has 0 saturated carbocycles. The van der Waals surface area contributed by atoms with E-state index in [1.807, 2.05) is 6.07 Å². The van der Waals surface area contributed by atoms with Gasteiger partial charge in [0.2, 0.25) is 0 Å². The fourth-order valence-corrected chi connectivity index (χ4v) is 3.73. The number of nitrogens with zero attached hydrogens (tertiary/aromatic N) is 8. The Morgan fingerprint density at radius 1 is 1.06 bits per heavy atom. The number of pyridine rings is 1. The standard InChI is InChI=1S/C22H15F3N8/c1-13-7-14(8-26)3-4-17(13)33-21-19(20(30-33)22(23,24)25)18(5-6-27-21)32-11-16(28-12-32)15-9-29-31(2)10-15/h3-7,9-12H,1-2H3. The summed E-state index contributed by atoms with van der Waals surface area (Å²) in [7, 11) is 1.77. The van der Waals surface area contributed by atoms with Crippen molar-refractivity contribution in [3.05, 3.63) is 72.2 Å². The van der Waals surface area contributed by atoms with Crippen LogP contribution >= 0.6 is 0 Å². The monoisotopic (exact) mass is 448 g/mol. The molecule has 0 N–H and O–H groups in total. The van der Waals surface area contributed by atoms with E-state index in [9.17, 15) is 13.2 Å². The van der Waals surface area contributed by atoms with Gasteiger partial charge < -0.3 is 4.57 Å². The van der Waals surface area contributed by atoms with Crippen LogP contribution in [-0.4, -0.2) is 34.1 Å². The Bertz CT molecular complexity index is 1550. The van der Waals surface area contributed by atoms with Crippen LogP contribution in [0.1, 0.15) is 16.8 Å². The zero-order chi connectivity index (χ0) is 23.3. The number of benzene rings is 1. The Kier molecular flexibility index (Phi) is 4.52. The lowest BCUT2D eigenvalue weighted by molar-refractivity contribution is -0.140. The highest BCUT2D eigenvalue weighted by atomic mass is 19.4. The van der Waals surface area contributed by atoms with Gasteiger partial charge in [-0.05, 0) is 36.8 Å². The highest BCUT2D eigenvalue weighted by Crippen LogP contribution is 2.38. The average Bonchev–Trinajstić information content (AvgIpc) is 3.51. The minimum absolute atomic E-state index is 0.0456. The normalized spacial score (nSPS) is 11.8. The molecular weight excluding hydrogens is 433 g/mol. The third kappa shape index (κ3) is 3.41. The number of halogens is 3. The number of imidazole rings is 1. The van der Waals surface area contributed by atoms with Crippen molar-refractivity contribution < 1.29 is 13.2 Å². The molecule has 0 unspecified atom stereocenters. The molecule has 0 aliphatic heterocycles. The summed E-state index contributed by atoms with van der Waals surface area (Å²) in [6.45, 7) is 1.71. The van der Waals surface area contributed by atoms with Crippen molar-refractivity contribution in [3.63, 3.8) is 0 Å². The first-order chi connectivity index (χ1) is 15.8. The first kappa shape index (κ1) is 20.4. The molecule has 0 aliphatic rings. The van der Waals surface area contributed by atoms with Gasteiger partial charge in [-0.3, -0.25) is 4.68 Å². The summed E-state index contributed by atoms with van der Waals surface area (Å²) >= 11 is 0. The van der Waals surface area contributed by atoms with Crippen LogP contribution in [0.4, 0.5) is 13.2 Å². The van der Waals surface area contributed by atoms with Gasteiger partial charge in [0, 0.05) is 31.2 Å². The van der Waals surface area contributed by atoms with Gasteiger partial charge in [-0.25, -0.2) is 14.6 Å². The summed E-state index contributed by atoms with van der Waals surface area (Å²) in [5.74, 6) is 0. The second kappa shape index (κ2) is 7.30. The maximum atomic E-state index is 14.1. The van der Waals surface area contributed by atoms with Crippen LogP contribution < -0.4 is 0 Å². The number of alkyl halides is 3. The minimum Gasteiger partial charge on any atom is -0.305 e. The summed E-state index contributed by atoms with van der Waals surface area (Å²) in [5, 5.41) is 17.0. The number of hydrogen-bond acceptors (Lipinski definition) is 5. The molecule has 33 heavy (non-hydrogen) atoms. The van der Waals surface area contributed by atoms with E-state index in [1.54, 1.807) is 49.4 Å². The minimum atomic E-state index is -4.71. The van der Waals surface area contributed by atoms with Crippen molar-refractivity contribution >= 4 is 11.0 Å². The Morgan fingerprint density at radius 2 is 1.88 bits per heavy atom. The zero-order valence-corrected chi connectivity index (χ0v) is 17.4. The van der Waals surface area contributed by atoms with Gasteiger partial charge >= 0.3 is 6.18 Å². The van der Waals surface area contributed by atoms with Gasteiger partial charge in [-0.15, -0.1) is 0 Å². The summed E-state index contributed by atoms with van der Waals surface area (Å²) in [6, 6.07) is 8.20. The van der Waals surface area contributed by atoms with Crippen LogP contribution in [0.5, 0.6) is 0 Å². The van der Waals surface area contributed by atoms with E-state index in [0.717, 1.165) is 10.2 Å². The molecule has 0 fully saturated rings. The first-order valence-corrected chi connectivity index (χ1v) is 9.75. The van der Waals surface area contributed by atoms with Crippen molar-refractivity contribution in [1.29, 1.82) is 5.26 Å². The predicted molar refractivity (Wildman–Crippen MR) is 113 cm³/mol. The van der Waals surface area contributed by atoms with E-state index in [2.05, 4.69) is 20.2 Å². The van der Waals surface area contributed by atoms with Crippen molar-refractivity contribution in [3.8, 4) is 28.7 Å². The molecule has 0 spiro atoms. The molecular formula is C22H15F3N8. The van der Waals surface area contributed by atoms with Gasteiger partial charge in [0.05, 0.1) is 46.6 Å². The fourth-order valence-electron chi connectivity index (χ4n) is 3.73. The maximum Gasteiger partial charge on any atom is 0.435 e. The SMILES string of the molecule is Cc1cc(C#N)ccc1-n1nc(C(F)(F)F)c2c(-n3cnc(-c4cnn(C)c4)c3)ccnc21. The average molecular weight is 448 g/mol. The van der Waals surface area contributed by atoms with Crippen molar-refractivity contribution in [2.75, 3.05) is 0 Å². The van der Waals surface area contributed by atoms with E-state index in [0.29, 0.717) is 22.5 Å². The molecule has 0 bridgehead atoms. The van der Waals surface area contributed by atoms with E-state index in [1.165, 1.54) is 29.2 Å². The van der Waals surface area contributed by atoms with Crippen molar-refractivity contribution in [1.82, 2.24) is 34.1 Å². The molecule has 11 heteroatoms. The molecule has 8 nitrogen and oxygen atoms in total. The molecule has 1 aromatic carbocycles. The Balaban J connectivity index is 1.74. The van der Waals surface area contributed by atoms with Gasteiger partial charge in [-0.2, -0.15) is 28.6 Å². The first-order valence-electron chi connectivity index (χ1n) is 9.75. The smallest absolute Gasteiger partial charge is 0.305 e. The molecule has 4 heterocycles. The lowest BCUT2D eigenvalue weighted by atomic mass is 10.1. The number of aryl methyl sites for hydroxylation is 2. The highest BCUT2D eigenvalue weighted by Gasteiger charge is 2.39. The summed E-state index contributed by atoms with van der Waals surface area (Å²) in [4.78, 5) is 8.54. The molecule has 0 aliphatic carbocycles. The molecule has 0 saturated heterocycles. The quantitative estimate of drug-likeness (QED) is 0.413. The highest BCUT2D eigenvalue weighted by molar-refractivity contribution is 5.89. The van der Waals surface area contributed by atoms with Crippen LogP contribution in [0.25, 0.3) is 33.7 Å². The maximum absolute atomic E-state index is 14.1. The summed E-state index contributed by atoms with van der Waals surface area (Å²) < 4.78 is 46.4. The topological polar surface area (TPSA) is 90.1 Å². The Labute approximate surface area is 185 Å². The molecule has 164 valence electrons. The van der Waals surface area contributed by atoms with Crippen LogP contribution in [-0.2, 0) is 13.2 Å². The molecule has 0 atom stereocenters. The number of nitriles is 1. The third-order valence-corrected chi connectivity index (χ3v) is 5.23. The lowest BCUT2D eigenvalue weighted by Gasteiger charge is -2.08. The number of rotatable bonds is 3. The number of aromatic nitrogens is 7. The van der Waals surface area contributed by atoms with Crippen LogP contribution in [0.3, 0.4) is 0 Å². The number of hydrogen-bond donors (Lipinski definition) is 0. The third-order valence-electron chi connectivity index (χ3n) is 5.23. The van der Waals surface area contributed by atoms with Gasteiger partial charge in [-0.1, -0.05) is 0 Å². The molecule has 0 amide bonds. The Morgan fingerprint density at radius 3 is 2.55 bits per heavy atom. The second-order valence-corrected chi connectivity index (χ2v) is 7.47. The van der Waals surface area contributed by atoms with Gasteiger partial charge in [0.1, 0.15) is 0 Å².